The van der Waals surface area contributed by atoms with Crippen molar-refractivity contribution in [1.29, 1.82) is 0 Å². The molecule has 0 bridgehead atoms. The van der Waals surface area contributed by atoms with Crippen LogP contribution in [0.3, 0.4) is 0 Å². The maximum absolute atomic E-state index is 4.24. The molecule has 0 saturated carbocycles. The summed E-state index contributed by atoms with van der Waals surface area (Å²) < 4.78 is 0. The highest BCUT2D eigenvalue weighted by molar-refractivity contribution is 9.12. The molecule has 0 rings (SSSR count). The Bertz CT molecular complexity index is 102. The van der Waals surface area contributed by atoms with Gasteiger partial charge >= 0.3 is 0 Å². The van der Waals surface area contributed by atoms with Crippen LogP contribution in [0.4, 0.5) is 0 Å². The Labute approximate surface area is 79.6 Å². The second kappa shape index (κ2) is 6.35. The van der Waals surface area contributed by atoms with E-state index in [0.717, 1.165) is 11.9 Å². The van der Waals surface area contributed by atoms with E-state index in [-0.39, 0.29) is 0 Å². The number of hydrogen-bond donors (Lipinski definition) is 0. The fourth-order valence-electron chi connectivity index (χ4n) is 0.435. The van der Waals surface area contributed by atoms with E-state index in [1.54, 1.807) is 0 Å². The van der Waals surface area contributed by atoms with E-state index >= 15 is 0 Å². The predicted molar refractivity (Wildman–Crippen MR) is 54.7 cm³/mol. The highest BCUT2D eigenvalue weighted by atomic mass is 79.9. The minimum atomic E-state index is 0.475. The Morgan fingerprint density at radius 2 is 2.10 bits per heavy atom. The smallest absolute Gasteiger partial charge is 0.0519 e. The van der Waals surface area contributed by atoms with E-state index in [2.05, 4.69) is 50.7 Å². The molecule has 0 aromatic rings. The van der Waals surface area contributed by atoms with E-state index in [1.165, 1.54) is 0 Å². The van der Waals surface area contributed by atoms with Gasteiger partial charge < -0.3 is 0 Å². The van der Waals surface area contributed by atoms with Gasteiger partial charge in [-0.05, 0) is 5.92 Å². The van der Waals surface area contributed by atoms with Gasteiger partial charge in [-0.2, -0.15) is 0 Å². The molecule has 0 saturated heterocycles. The number of halogens is 2. The molecular weight excluding hydrogens is 258 g/mol. The second-order valence-electron chi connectivity index (χ2n) is 2.51. The summed E-state index contributed by atoms with van der Waals surface area (Å²) in [7, 11) is 0. The predicted octanol–water partition coefficient (Wildman–Crippen LogP) is 2.87. The zero-order valence-corrected chi connectivity index (χ0v) is 9.52. The lowest BCUT2D eigenvalue weighted by Crippen LogP contribution is -2.04. The van der Waals surface area contributed by atoms with Gasteiger partial charge in [-0.15, -0.1) is 0 Å². The number of rotatable bonds is 4. The third-order valence-electron chi connectivity index (χ3n) is 0.874. The first-order valence-corrected chi connectivity index (χ1v) is 5.40. The second-order valence-corrected chi connectivity index (χ2v) is 4.45. The van der Waals surface area contributed by atoms with Crippen LogP contribution in [0.2, 0.25) is 0 Å². The summed E-state index contributed by atoms with van der Waals surface area (Å²) >= 11 is 6.83. The molecule has 1 unspecified atom stereocenters. The number of alkyl halides is 2. The molecular formula is C7H13Br2N. The lowest BCUT2D eigenvalue weighted by atomic mass is 10.2. The first-order valence-electron chi connectivity index (χ1n) is 3.36. The summed E-state index contributed by atoms with van der Waals surface area (Å²) in [5, 5.41) is 0.961. The number of aliphatic imine (C=N–C) groups is 1. The summed E-state index contributed by atoms with van der Waals surface area (Å²) in [6, 6.07) is 0. The lowest BCUT2D eigenvalue weighted by Gasteiger charge is -1.99. The molecule has 0 N–H and O–H groups in total. The molecule has 60 valence electrons. The Morgan fingerprint density at radius 1 is 1.50 bits per heavy atom. The van der Waals surface area contributed by atoms with Crippen molar-refractivity contribution >= 4 is 38.1 Å². The van der Waals surface area contributed by atoms with Crippen LogP contribution in [0.15, 0.2) is 4.99 Å². The zero-order valence-electron chi connectivity index (χ0n) is 6.35. The standard InChI is InChI=1S/C7H13Br2N/c1-6(2)4-10-5-7(9)3-8/h4,6-7H,3,5H2,1-2H3. The van der Waals surface area contributed by atoms with Gasteiger partial charge in [0.15, 0.2) is 0 Å². The Balaban J connectivity index is 3.33. The van der Waals surface area contributed by atoms with Crippen LogP contribution in [0, 0.1) is 5.92 Å². The zero-order chi connectivity index (χ0) is 7.98. The molecule has 0 fully saturated rings. The fraction of sp³-hybridized carbons (Fsp3) is 0.857. The Kier molecular flexibility index (Phi) is 6.75. The van der Waals surface area contributed by atoms with Crippen molar-refractivity contribution in [1.82, 2.24) is 0 Å². The maximum Gasteiger partial charge on any atom is 0.0519 e. The molecule has 1 nitrogen and oxygen atoms in total. The van der Waals surface area contributed by atoms with E-state index in [9.17, 15) is 0 Å². The van der Waals surface area contributed by atoms with Crippen LogP contribution in [0.25, 0.3) is 0 Å². The van der Waals surface area contributed by atoms with Gasteiger partial charge in [-0.25, -0.2) is 0 Å². The maximum atomic E-state index is 4.24. The summed E-state index contributed by atoms with van der Waals surface area (Å²) in [6.45, 7) is 5.12. The van der Waals surface area contributed by atoms with E-state index in [4.69, 9.17) is 0 Å². The Morgan fingerprint density at radius 3 is 2.50 bits per heavy atom. The van der Waals surface area contributed by atoms with Crippen molar-refractivity contribution in [2.45, 2.75) is 18.7 Å². The van der Waals surface area contributed by atoms with Crippen LogP contribution in [0.1, 0.15) is 13.8 Å². The van der Waals surface area contributed by atoms with Gasteiger partial charge in [-0.1, -0.05) is 45.7 Å². The summed E-state index contributed by atoms with van der Waals surface area (Å²) in [4.78, 5) is 4.71. The molecule has 0 heterocycles. The van der Waals surface area contributed by atoms with E-state index in [0.29, 0.717) is 10.7 Å². The minimum absolute atomic E-state index is 0.475. The van der Waals surface area contributed by atoms with Crippen molar-refractivity contribution in [3.63, 3.8) is 0 Å². The van der Waals surface area contributed by atoms with E-state index in [1.807, 2.05) is 6.21 Å². The topological polar surface area (TPSA) is 12.4 Å². The molecule has 0 aliphatic rings. The highest BCUT2D eigenvalue weighted by Crippen LogP contribution is 2.03. The van der Waals surface area contributed by atoms with Crippen LogP contribution >= 0.6 is 31.9 Å². The van der Waals surface area contributed by atoms with Gasteiger partial charge in [0.25, 0.3) is 0 Å². The molecule has 10 heavy (non-hydrogen) atoms. The first-order chi connectivity index (χ1) is 4.66. The van der Waals surface area contributed by atoms with Crippen molar-refractivity contribution in [3.05, 3.63) is 0 Å². The van der Waals surface area contributed by atoms with Gasteiger partial charge in [0.2, 0.25) is 0 Å². The molecule has 0 aromatic carbocycles. The van der Waals surface area contributed by atoms with Crippen LogP contribution in [-0.4, -0.2) is 22.9 Å². The van der Waals surface area contributed by atoms with Gasteiger partial charge in [-0.3, -0.25) is 4.99 Å². The van der Waals surface area contributed by atoms with Gasteiger partial charge in [0.05, 0.1) is 6.54 Å². The average molecular weight is 271 g/mol. The van der Waals surface area contributed by atoms with Gasteiger partial charge in [0.1, 0.15) is 0 Å². The number of nitrogens with zero attached hydrogens (tertiary/aromatic N) is 1. The third-order valence-corrected chi connectivity index (χ3v) is 3.14. The van der Waals surface area contributed by atoms with Crippen molar-refractivity contribution in [3.8, 4) is 0 Å². The third kappa shape index (κ3) is 6.75. The molecule has 0 aliphatic heterocycles. The van der Waals surface area contributed by atoms with Crippen LogP contribution in [0.5, 0.6) is 0 Å². The molecule has 0 amide bonds. The van der Waals surface area contributed by atoms with Crippen LogP contribution < -0.4 is 0 Å². The first kappa shape index (κ1) is 10.6. The quantitative estimate of drug-likeness (QED) is 0.550. The Hall–Kier alpha value is 0.630. The summed E-state index contributed by atoms with van der Waals surface area (Å²) in [5.74, 6) is 0.565. The lowest BCUT2D eigenvalue weighted by molar-refractivity contribution is 0.885. The van der Waals surface area contributed by atoms with Crippen molar-refractivity contribution in [2.75, 3.05) is 11.9 Å². The van der Waals surface area contributed by atoms with E-state index < -0.39 is 0 Å². The molecule has 0 aliphatic carbocycles. The highest BCUT2D eigenvalue weighted by Gasteiger charge is 1.97. The minimum Gasteiger partial charge on any atom is -0.296 e. The molecule has 0 aromatic heterocycles. The van der Waals surface area contributed by atoms with Crippen LogP contribution in [-0.2, 0) is 0 Å². The van der Waals surface area contributed by atoms with Crippen molar-refractivity contribution < 1.29 is 0 Å². The van der Waals surface area contributed by atoms with Gasteiger partial charge in [0, 0.05) is 16.4 Å². The average Bonchev–Trinajstić information content (AvgIpc) is 1.87. The molecule has 0 radical (unpaired) electrons. The molecule has 3 heteroatoms. The SMILES string of the molecule is CC(C)C=NCC(Br)CBr. The fourth-order valence-corrected chi connectivity index (χ4v) is 0.807. The monoisotopic (exact) mass is 269 g/mol. The largest absolute Gasteiger partial charge is 0.296 e. The molecule has 1 atom stereocenters. The summed E-state index contributed by atoms with van der Waals surface area (Å²) in [5.41, 5.74) is 0. The molecule has 0 spiro atoms. The van der Waals surface area contributed by atoms with Crippen molar-refractivity contribution in [2.24, 2.45) is 10.9 Å². The normalized spacial score (nSPS) is 14.9. The summed E-state index contributed by atoms with van der Waals surface area (Å²) in [6.07, 6.45) is 1.98. The number of hydrogen-bond acceptors (Lipinski definition) is 1.